The Morgan fingerprint density at radius 1 is 1.25 bits per heavy atom. The van der Waals surface area contributed by atoms with Crippen LogP contribution in [0.15, 0.2) is 18.3 Å². The average Bonchev–Trinajstić information content (AvgIpc) is 2.40. The summed E-state index contributed by atoms with van der Waals surface area (Å²) in [7, 11) is 0. The van der Waals surface area contributed by atoms with Gasteiger partial charge in [-0.25, -0.2) is 4.98 Å². The molecule has 0 amide bonds. The molecule has 1 saturated carbocycles. The van der Waals surface area contributed by atoms with Gasteiger partial charge in [0.25, 0.3) is 0 Å². The van der Waals surface area contributed by atoms with Gasteiger partial charge in [0.2, 0.25) is 5.88 Å². The molecule has 1 aromatic rings. The van der Waals surface area contributed by atoms with Crippen LogP contribution in [-0.2, 0) is 6.54 Å². The van der Waals surface area contributed by atoms with Gasteiger partial charge in [0.15, 0.2) is 0 Å². The van der Waals surface area contributed by atoms with E-state index in [1.54, 1.807) is 0 Å². The van der Waals surface area contributed by atoms with Crippen molar-refractivity contribution in [3.05, 3.63) is 23.9 Å². The predicted octanol–water partition coefficient (Wildman–Crippen LogP) is 3.78. The van der Waals surface area contributed by atoms with Crippen molar-refractivity contribution in [2.75, 3.05) is 6.54 Å². The number of nitrogens with zero attached hydrogens (tertiary/aromatic N) is 1. The number of rotatable bonds is 6. The van der Waals surface area contributed by atoms with Crippen LogP contribution in [0.4, 0.5) is 0 Å². The first kappa shape index (κ1) is 15.3. The quantitative estimate of drug-likeness (QED) is 0.803. The van der Waals surface area contributed by atoms with Crippen molar-refractivity contribution in [3.8, 4) is 5.88 Å². The van der Waals surface area contributed by atoms with Gasteiger partial charge in [-0.2, -0.15) is 0 Å². The van der Waals surface area contributed by atoms with Crippen molar-refractivity contribution in [1.29, 1.82) is 0 Å². The third kappa shape index (κ3) is 4.48. The zero-order valence-electron chi connectivity index (χ0n) is 13.1. The Hall–Kier alpha value is -1.09. The predicted molar refractivity (Wildman–Crippen MR) is 82.8 cm³/mol. The molecular weight excluding hydrogens is 248 g/mol. The molecule has 0 aliphatic heterocycles. The molecule has 0 radical (unpaired) electrons. The standard InChI is InChI=1S/C17H28N2O/c1-4-7-18-12-15-6-5-8-19-17(15)20-16-10-13(2)9-14(3)11-16/h5-6,8,13-14,16,18H,4,7,9-12H2,1-3H3. The van der Waals surface area contributed by atoms with Crippen LogP contribution in [0.1, 0.15) is 52.0 Å². The molecule has 1 aliphatic rings. The maximum Gasteiger partial charge on any atom is 0.218 e. The van der Waals surface area contributed by atoms with E-state index in [9.17, 15) is 0 Å². The highest BCUT2D eigenvalue weighted by molar-refractivity contribution is 5.25. The topological polar surface area (TPSA) is 34.2 Å². The second-order valence-electron chi connectivity index (χ2n) is 6.30. The molecule has 0 aromatic carbocycles. The van der Waals surface area contributed by atoms with Gasteiger partial charge >= 0.3 is 0 Å². The monoisotopic (exact) mass is 276 g/mol. The molecule has 112 valence electrons. The van der Waals surface area contributed by atoms with Gasteiger partial charge in [0, 0.05) is 18.3 Å². The van der Waals surface area contributed by atoms with Gasteiger partial charge in [0.05, 0.1) is 0 Å². The Balaban J connectivity index is 1.97. The molecule has 1 heterocycles. The Bertz CT molecular complexity index is 398. The molecular formula is C17H28N2O. The molecule has 3 nitrogen and oxygen atoms in total. The maximum absolute atomic E-state index is 6.21. The van der Waals surface area contributed by atoms with Crippen molar-refractivity contribution >= 4 is 0 Å². The van der Waals surface area contributed by atoms with Crippen LogP contribution < -0.4 is 10.1 Å². The van der Waals surface area contributed by atoms with E-state index in [4.69, 9.17) is 4.74 Å². The van der Waals surface area contributed by atoms with Crippen LogP contribution in [-0.4, -0.2) is 17.6 Å². The third-order valence-electron chi connectivity index (χ3n) is 4.01. The van der Waals surface area contributed by atoms with Crippen molar-refractivity contribution < 1.29 is 4.74 Å². The summed E-state index contributed by atoms with van der Waals surface area (Å²) in [6.07, 6.45) is 6.94. The largest absolute Gasteiger partial charge is 0.474 e. The molecule has 2 rings (SSSR count). The highest BCUT2D eigenvalue weighted by Gasteiger charge is 2.26. The lowest BCUT2D eigenvalue weighted by molar-refractivity contribution is 0.0955. The number of ether oxygens (including phenoxy) is 1. The first-order valence-corrected chi connectivity index (χ1v) is 8.00. The van der Waals surface area contributed by atoms with E-state index >= 15 is 0 Å². The normalized spacial score (nSPS) is 26.4. The van der Waals surface area contributed by atoms with Gasteiger partial charge in [-0.3, -0.25) is 0 Å². The maximum atomic E-state index is 6.21. The van der Waals surface area contributed by atoms with E-state index in [0.29, 0.717) is 6.10 Å². The summed E-state index contributed by atoms with van der Waals surface area (Å²) >= 11 is 0. The summed E-state index contributed by atoms with van der Waals surface area (Å²) in [6, 6.07) is 4.10. The minimum atomic E-state index is 0.327. The Morgan fingerprint density at radius 2 is 2.00 bits per heavy atom. The SMILES string of the molecule is CCCNCc1cccnc1OC1CC(C)CC(C)C1. The van der Waals surface area contributed by atoms with Gasteiger partial charge in [-0.15, -0.1) is 0 Å². The van der Waals surface area contributed by atoms with Crippen molar-refractivity contribution in [3.63, 3.8) is 0 Å². The van der Waals surface area contributed by atoms with Gasteiger partial charge < -0.3 is 10.1 Å². The fourth-order valence-electron chi connectivity index (χ4n) is 3.19. The highest BCUT2D eigenvalue weighted by Crippen LogP contribution is 2.31. The Kier molecular flexibility index (Phi) is 5.84. The number of hydrogen-bond acceptors (Lipinski definition) is 3. The summed E-state index contributed by atoms with van der Waals surface area (Å²) in [5.74, 6) is 2.34. The van der Waals surface area contributed by atoms with E-state index in [1.807, 2.05) is 12.3 Å². The van der Waals surface area contributed by atoms with Gasteiger partial charge in [0.1, 0.15) is 6.10 Å². The summed E-state index contributed by atoms with van der Waals surface area (Å²) in [6.45, 7) is 8.71. The average molecular weight is 276 g/mol. The number of aromatic nitrogens is 1. The molecule has 20 heavy (non-hydrogen) atoms. The van der Waals surface area contributed by atoms with E-state index in [-0.39, 0.29) is 0 Å². The first-order chi connectivity index (χ1) is 9.69. The Labute approximate surface area is 123 Å². The molecule has 1 N–H and O–H groups in total. The number of hydrogen-bond donors (Lipinski definition) is 1. The van der Waals surface area contributed by atoms with E-state index in [1.165, 1.54) is 12.0 Å². The second-order valence-corrected chi connectivity index (χ2v) is 6.30. The summed E-state index contributed by atoms with van der Waals surface area (Å²) in [4.78, 5) is 4.44. The van der Waals surface area contributed by atoms with Crippen LogP contribution in [0.25, 0.3) is 0 Å². The molecule has 3 heteroatoms. The van der Waals surface area contributed by atoms with Gasteiger partial charge in [-0.1, -0.05) is 26.8 Å². The van der Waals surface area contributed by atoms with Crippen LogP contribution in [0.2, 0.25) is 0 Å². The van der Waals surface area contributed by atoms with Crippen LogP contribution in [0.3, 0.4) is 0 Å². The lowest BCUT2D eigenvalue weighted by atomic mass is 9.82. The van der Waals surface area contributed by atoms with E-state index in [2.05, 4.69) is 37.1 Å². The summed E-state index contributed by atoms with van der Waals surface area (Å²) in [5.41, 5.74) is 1.17. The molecule has 0 saturated heterocycles. The minimum Gasteiger partial charge on any atom is -0.474 e. The van der Waals surface area contributed by atoms with Crippen LogP contribution >= 0.6 is 0 Å². The zero-order valence-corrected chi connectivity index (χ0v) is 13.1. The van der Waals surface area contributed by atoms with Crippen molar-refractivity contribution in [1.82, 2.24) is 10.3 Å². The van der Waals surface area contributed by atoms with E-state index < -0.39 is 0 Å². The second kappa shape index (κ2) is 7.63. The molecule has 1 aromatic heterocycles. The molecule has 1 aliphatic carbocycles. The molecule has 1 fully saturated rings. The fraction of sp³-hybridized carbons (Fsp3) is 0.706. The third-order valence-corrected chi connectivity index (χ3v) is 4.01. The lowest BCUT2D eigenvalue weighted by Crippen LogP contribution is -2.29. The fourth-order valence-corrected chi connectivity index (χ4v) is 3.19. The number of nitrogens with one attached hydrogen (secondary N) is 1. The molecule has 2 unspecified atom stereocenters. The van der Waals surface area contributed by atoms with Gasteiger partial charge in [-0.05, 0) is 50.1 Å². The Morgan fingerprint density at radius 3 is 2.70 bits per heavy atom. The zero-order chi connectivity index (χ0) is 14.4. The molecule has 0 spiro atoms. The number of pyridine rings is 1. The molecule has 0 bridgehead atoms. The van der Waals surface area contributed by atoms with Crippen LogP contribution in [0.5, 0.6) is 5.88 Å². The summed E-state index contributed by atoms with van der Waals surface area (Å²) in [5, 5.41) is 3.43. The van der Waals surface area contributed by atoms with Crippen molar-refractivity contribution in [2.45, 2.75) is 59.1 Å². The smallest absolute Gasteiger partial charge is 0.218 e. The minimum absolute atomic E-state index is 0.327. The van der Waals surface area contributed by atoms with Crippen LogP contribution in [0, 0.1) is 11.8 Å². The first-order valence-electron chi connectivity index (χ1n) is 8.00. The van der Waals surface area contributed by atoms with E-state index in [0.717, 1.165) is 50.1 Å². The van der Waals surface area contributed by atoms with Crippen molar-refractivity contribution in [2.24, 2.45) is 11.8 Å². The summed E-state index contributed by atoms with van der Waals surface area (Å²) < 4.78 is 6.21. The lowest BCUT2D eigenvalue weighted by Gasteiger charge is -2.31. The molecule has 2 atom stereocenters. The highest BCUT2D eigenvalue weighted by atomic mass is 16.5.